The Bertz CT molecular complexity index is 1020. The number of thioether (sulfide) groups is 1. The van der Waals surface area contributed by atoms with Crippen molar-refractivity contribution in [2.24, 2.45) is 5.92 Å². The Hall–Kier alpha value is -2.19. The highest BCUT2D eigenvalue weighted by Crippen LogP contribution is 2.21. The van der Waals surface area contributed by atoms with Gasteiger partial charge in [0, 0.05) is 17.1 Å². The largest absolute Gasteiger partial charge is 0.360 e. The zero-order chi connectivity index (χ0) is 20.3. The van der Waals surface area contributed by atoms with Crippen LogP contribution >= 0.6 is 23.4 Å². The van der Waals surface area contributed by atoms with Crippen LogP contribution in [0.25, 0.3) is 11.2 Å². The Labute approximate surface area is 173 Å². The van der Waals surface area contributed by atoms with Crippen LogP contribution in [-0.2, 0) is 6.54 Å². The van der Waals surface area contributed by atoms with E-state index in [1.54, 1.807) is 16.3 Å². The molecule has 0 aliphatic heterocycles. The summed E-state index contributed by atoms with van der Waals surface area (Å²) in [5.74, 6) is 1.48. The highest BCUT2D eigenvalue weighted by molar-refractivity contribution is 7.99. The average Bonchev–Trinajstić information content (AvgIpc) is 2.67. The molecule has 3 aromatic heterocycles. The first-order chi connectivity index (χ1) is 13.4. The van der Waals surface area contributed by atoms with E-state index in [1.807, 2.05) is 25.3 Å². The fourth-order valence-electron chi connectivity index (χ4n) is 2.71. The topological polar surface area (TPSA) is 85.6 Å². The standard InChI is InChI=1S/C19H23ClN6OS/c1-5-28-14-7-6-13(21-9-14)8-22-16-18(27)26(12(4)11(2)3)17-15(24-16)10-23-19(20)25-17/h6-7,9-12H,5,8H2,1-4H3,(H,22,24). The third-order valence-corrected chi connectivity index (χ3v) is 5.57. The summed E-state index contributed by atoms with van der Waals surface area (Å²) in [7, 11) is 0. The SMILES string of the molecule is CCSc1ccc(CNc2nc3cnc(Cl)nc3n(C(C)C(C)C)c2=O)nc1. The number of anilines is 1. The fourth-order valence-corrected chi connectivity index (χ4v) is 3.47. The van der Waals surface area contributed by atoms with Gasteiger partial charge in [-0.25, -0.2) is 9.97 Å². The molecule has 0 bridgehead atoms. The number of nitrogens with one attached hydrogen (secondary N) is 1. The summed E-state index contributed by atoms with van der Waals surface area (Å²) in [5, 5.41) is 3.21. The second kappa shape index (κ2) is 8.87. The summed E-state index contributed by atoms with van der Waals surface area (Å²) in [6, 6.07) is 3.90. The molecule has 1 N–H and O–H groups in total. The van der Waals surface area contributed by atoms with E-state index < -0.39 is 0 Å². The summed E-state index contributed by atoms with van der Waals surface area (Å²) < 4.78 is 1.64. The molecule has 0 radical (unpaired) electrons. The van der Waals surface area contributed by atoms with Crippen molar-refractivity contribution in [1.82, 2.24) is 24.5 Å². The molecule has 0 aliphatic rings. The number of nitrogens with zero attached hydrogens (tertiary/aromatic N) is 5. The van der Waals surface area contributed by atoms with Crippen molar-refractivity contribution >= 4 is 40.3 Å². The van der Waals surface area contributed by atoms with Crippen molar-refractivity contribution in [3.63, 3.8) is 0 Å². The van der Waals surface area contributed by atoms with Crippen molar-refractivity contribution in [3.05, 3.63) is 45.9 Å². The molecule has 0 saturated carbocycles. The van der Waals surface area contributed by atoms with E-state index >= 15 is 0 Å². The van der Waals surface area contributed by atoms with Gasteiger partial charge in [0.1, 0.15) is 5.52 Å². The molecule has 1 atom stereocenters. The second-order valence-corrected chi connectivity index (χ2v) is 8.42. The molecule has 3 rings (SSSR count). The lowest BCUT2D eigenvalue weighted by atomic mass is 10.1. The van der Waals surface area contributed by atoms with Crippen LogP contribution in [0.15, 0.2) is 34.2 Å². The number of fused-ring (bicyclic) bond motifs is 1. The smallest absolute Gasteiger partial charge is 0.295 e. The highest BCUT2D eigenvalue weighted by Gasteiger charge is 2.19. The normalized spacial score (nSPS) is 12.5. The third-order valence-electron chi connectivity index (χ3n) is 4.52. The van der Waals surface area contributed by atoms with Gasteiger partial charge in [0.2, 0.25) is 5.28 Å². The molecule has 28 heavy (non-hydrogen) atoms. The predicted octanol–water partition coefficient (Wildman–Crippen LogP) is 4.18. The van der Waals surface area contributed by atoms with Gasteiger partial charge in [0.05, 0.1) is 18.4 Å². The summed E-state index contributed by atoms with van der Waals surface area (Å²) in [6.07, 6.45) is 3.38. The lowest BCUT2D eigenvalue weighted by Crippen LogP contribution is -2.30. The third kappa shape index (κ3) is 4.44. The Morgan fingerprint density at radius 2 is 1.96 bits per heavy atom. The highest BCUT2D eigenvalue weighted by atomic mass is 35.5. The monoisotopic (exact) mass is 418 g/mol. The van der Waals surface area contributed by atoms with Gasteiger partial charge < -0.3 is 5.32 Å². The van der Waals surface area contributed by atoms with Crippen LogP contribution < -0.4 is 10.9 Å². The zero-order valence-corrected chi connectivity index (χ0v) is 17.9. The molecule has 3 heterocycles. The molecule has 148 valence electrons. The first kappa shape index (κ1) is 20.5. The van der Waals surface area contributed by atoms with Gasteiger partial charge in [-0.1, -0.05) is 20.8 Å². The number of hydrogen-bond donors (Lipinski definition) is 1. The van der Waals surface area contributed by atoms with Crippen LogP contribution in [0.1, 0.15) is 39.4 Å². The minimum absolute atomic E-state index is 0.0759. The van der Waals surface area contributed by atoms with Crippen molar-refractivity contribution in [2.75, 3.05) is 11.1 Å². The fraction of sp³-hybridized carbons (Fsp3) is 0.421. The molecule has 7 nitrogen and oxygen atoms in total. The van der Waals surface area contributed by atoms with Crippen LogP contribution in [0.4, 0.5) is 5.82 Å². The Morgan fingerprint density at radius 1 is 1.18 bits per heavy atom. The summed E-state index contributed by atoms with van der Waals surface area (Å²) in [6.45, 7) is 8.59. The van der Waals surface area contributed by atoms with E-state index in [2.05, 4.69) is 46.0 Å². The predicted molar refractivity (Wildman–Crippen MR) is 114 cm³/mol. The van der Waals surface area contributed by atoms with Crippen LogP contribution in [0, 0.1) is 5.92 Å². The molecule has 0 fully saturated rings. The van der Waals surface area contributed by atoms with E-state index in [1.165, 1.54) is 6.20 Å². The van der Waals surface area contributed by atoms with Crippen molar-refractivity contribution < 1.29 is 0 Å². The number of halogens is 1. The average molecular weight is 419 g/mol. The van der Waals surface area contributed by atoms with E-state index in [0.717, 1.165) is 16.3 Å². The van der Waals surface area contributed by atoms with Crippen LogP contribution in [0.3, 0.4) is 0 Å². The van der Waals surface area contributed by atoms with E-state index in [-0.39, 0.29) is 28.6 Å². The lowest BCUT2D eigenvalue weighted by molar-refractivity contribution is 0.406. The maximum absolute atomic E-state index is 13.1. The molecule has 3 aromatic rings. The van der Waals surface area contributed by atoms with Crippen molar-refractivity contribution in [3.8, 4) is 0 Å². The molecule has 0 spiro atoms. The maximum Gasteiger partial charge on any atom is 0.295 e. The van der Waals surface area contributed by atoms with Crippen LogP contribution in [0.5, 0.6) is 0 Å². The number of pyridine rings is 1. The first-order valence-corrected chi connectivity index (χ1v) is 10.5. The molecule has 9 heteroatoms. The number of hydrogen-bond acceptors (Lipinski definition) is 7. The molecular formula is C19H23ClN6OS. The quantitative estimate of drug-likeness (QED) is 0.455. The second-order valence-electron chi connectivity index (χ2n) is 6.74. The molecule has 0 aromatic carbocycles. The molecular weight excluding hydrogens is 396 g/mol. The molecule has 1 unspecified atom stereocenters. The molecule has 0 amide bonds. The molecule has 0 saturated heterocycles. The van der Waals surface area contributed by atoms with E-state index in [0.29, 0.717) is 17.7 Å². The molecule has 0 aliphatic carbocycles. The van der Waals surface area contributed by atoms with Gasteiger partial charge in [0.25, 0.3) is 5.56 Å². The minimum atomic E-state index is -0.235. The van der Waals surface area contributed by atoms with Crippen molar-refractivity contribution in [2.45, 2.75) is 45.2 Å². The van der Waals surface area contributed by atoms with Gasteiger partial charge in [0.15, 0.2) is 11.5 Å². The van der Waals surface area contributed by atoms with Crippen LogP contribution in [0.2, 0.25) is 5.28 Å². The van der Waals surface area contributed by atoms with Crippen molar-refractivity contribution in [1.29, 1.82) is 0 Å². The van der Waals surface area contributed by atoms with Gasteiger partial charge >= 0.3 is 0 Å². The summed E-state index contributed by atoms with van der Waals surface area (Å²) in [5.41, 5.74) is 1.55. The Kier molecular flexibility index (Phi) is 6.51. The minimum Gasteiger partial charge on any atom is -0.360 e. The Balaban J connectivity index is 1.96. The van der Waals surface area contributed by atoms with Gasteiger partial charge in [-0.3, -0.25) is 14.3 Å². The van der Waals surface area contributed by atoms with E-state index in [9.17, 15) is 4.79 Å². The Morgan fingerprint density at radius 3 is 2.61 bits per heavy atom. The van der Waals surface area contributed by atoms with Crippen LogP contribution in [-0.4, -0.2) is 30.3 Å². The summed E-state index contributed by atoms with van der Waals surface area (Å²) >= 11 is 7.69. The van der Waals surface area contributed by atoms with Gasteiger partial charge in [-0.2, -0.15) is 4.98 Å². The van der Waals surface area contributed by atoms with Gasteiger partial charge in [-0.05, 0) is 42.3 Å². The maximum atomic E-state index is 13.1. The summed E-state index contributed by atoms with van der Waals surface area (Å²) in [4.78, 5) is 31.3. The number of aromatic nitrogens is 5. The zero-order valence-electron chi connectivity index (χ0n) is 16.3. The first-order valence-electron chi connectivity index (χ1n) is 9.17. The lowest BCUT2D eigenvalue weighted by Gasteiger charge is -2.21. The van der Waals surface area contributed by atoms with Gasteiger partial charge in [-0.15, -0.1) is 11.8 Å². The van der Waals surface area contributed by atoms with E-state index in [4.69, 9.17) is 11.6 Å². The number of rotatable bonds is 7.